The Bertz CT molecular complexity index is 1080. The maximum atomic E-state index is 12.9. The summed E-state index contributed by atoms with van der Waals surface area (Å²) in [4.78, 5) is 27.2. The van der Waals surface area contributed by atoms with Gasteiger partial charge in [-0.2, -0.15) is 0 Å². The van der Waals surface area contributed by atoms with Gasteiger partial charge >= 0.3 is 0 Å². The Balaban J connectivity index is 1.93. The van der Waals surface area contributed by atoms with Crippen LogP contribution in [0.2, 0.25) is 0 Å². The number of amides is 1. The number of hydrogen-bond donors (Lipinski definition) is 1. The Morgan fingerprint density at radius 2 is 1.71 bits per heavy atom. The van der Waals surface area contributed by atoms with E-state index in [9.17, 15) is 14.7 Å². The fraction of sp³-hybridized carbons (Fsp3) is 0.130. The second kappa shape index (κ2) is 6.85. The average Bonchev–Trinajstić information content (AvgIpc) is 3.32. The van der Waals surface area contributed by atoms with Gasteiger partial charge in [0, 0.05) is 11.3 Å². The topological polar surface area (TPSA) is 70.8 Å². The Labute approximate surface area is 162 Å². The Hall–Kier alpha value is -3.60. The first-order chi connectivity index (χ1) is 13.5. The monoisotopic (exact) mass is 373 g/mol. The first kappa shape index (κ1) is 17.8. The van der Waals surface area contributed by atoms with E-state index >= 15 is 0 Å². The van der Waals surface area contributed by atoms with Crippen LogP contribution in [0.15, 0.2) is 76.9 Å². The summed E-state index contributed by atoms with van der Waals surface area (Å²) in [5, 5.41) is 10.9. The van der Waals surface area contributed by atoms with Crippen LogP contribution in [0.3, 0.4) is 0 Å². The van der Waals surface area contributed by atoms with Gasteiger partial charge in [-0.15, -0.1) is 0 Å². The van der Waals surface area contributed by atoms with Crippen molar-refractivity contribution >= 4 is 23.1 Å². The average molecular weight is 373 g/mol. The number of ketones is 1. The number of aliphatic hydroxyl groups is 1. The standard InChI is InChI=1S/C23H19NO4/c1-14-10-11-17(13-15(14)2)24-20(18-9-6-12-28-18)19(22(26)23(24)27)21(25)16-7-4-3-5-8-16/h3-13,20,25H,1-2H3/b21-19-. The summed E-state index contributed by atoms with van der Waals surface area (Å²) >= 11 is 0. The molecule has 3 aromatic rings. The second-order valence-corrected chi connectivity index (χ2v) is 6.82. The van der Waals surface area contributed by atoms with Gasteiger partial charge in [-0.1, -0.05) is 36.4 Å². The van der Waals surface area contributed by atoms with E-state index in [0.717, 1.165) is 11.1 Å². The molecular formula is C23H19NO4. The number of carbonyl (C=O) groups is 2. The van der Waals surface area contributed by atoms with Gasteiger partial charge in [-0.25, -0.2) is 0 Å². The zero-order valence-electron chi connectivity index (χ0n) is 15.5. The van der Waals surface area contributed by atoms with Gasteiger partial charge in [-0.3, -0.25) is 14.5 Å². The summed E-state index contributed by atoms with van der Waals surface area (Å²) < 4.78 is 5.54. The second-order valence-electron chi connectivity index (χ2n) is 6.82. The molecular weight excluding hydrogens is 354 g/mol. The highest BCUT2D eigenvalue weighted by Crippen LogP contribution is 2.42. The Kier molecular flexibility index (Phi) is 4.35. The van der Waals surface area contributed by atoms with Crippen LogP contribution in [-0.4, -0.2) is 16.8 Å². The third-order valence-corrected chi connectivity index (χ3v) is 5.07. The molecule has 5 nitrogen and oxygen atoms in total. The molecule has 0 radical (unpaired) electrons. The molecule has 1 amide bonds. The number of benzene rings is 2. The van der Waals surface area contributed by atoms with E-state index < -0.39 is 17.7 Å². The predicted molar refractivity (Wildman–Crippen MR) is 106 cm³/mol. The fourth-order valence-corrected chi connectivity index (χ4v) is 3.44. The lowest BCUT2D eigenvalue weighted by Gasteiger charge is -2.24. The number of rotatable bonds is 3. The lowest BCUT2D eigenvalue weighted by atomic mass is 9.99. The third-order valence-electron chi connectivity index (χ3n) is 5.07. The van der Waals surface area contributed by atoms with Gasteiger partial charge in [0.25, 0.3) is 11.7 Å². The molecule has 2 aromatic carbocycles. The van der Waals surface area contributed by atoms with Crippen molar-refractivity contribution in [1.29, 1.82) is 0 Å². The summed E-state index contributed by atoms with van der Waals surface area (Å²) in [6, 6.07) is 16.8. The minimum atomic E-state index is -0.836. The quantitative estimate of drug-likeness (QED) is 0.416. The van der Waals surface area contributed by atoms with Crippen LogP contribution >= 0.6 is 0 Å². The van der Waals surface area contributed by atoms with Crippen LogP contribution in [0, 0.1) is 13.8 Å². The number of hydrogen-bond acceptors (Lipinski definition) is 4. The number of Topliss-reactive ketones (excluding diaryl/α,β-unsaturated/α-hetero) is 1. The highest BCUT2D eigenvalue weighted by Gasteiger charge is 2.48. The smallest absolute Gasteiger partial charge is 0.300 e. The number of carbonyl (C=O) groups excluding carboxylic acids is 2. The normalized spacial score (nSPS) is 18.6. The van der Waals surface area contributed by atoms with Crippen LogP contribution in [0.25, 0.3) is 5.76 Å². The van der Waals surface area contributed by atoms with Crippen molar-refractivity contribution in [1.82, 2.24) is 0 Å². The molecule has 2 heterocycles. The van der Waals surface area contributed by atoms with Crippen LogP contribution in [-0.2, 0) is 9.59 Å². The van der Waals surface area contributed by atoms with Crippen molar-refractivity contribution in [3.63, 3.8) is 0 Å². The van der Waals surface area contributed by atoms with Gasteiger partial charge < -0.3 is 9.52 Å². The van der Waals surface area contributed by atoms with E-state index in [2.05, 4.69) is 0 Å². The zero-order chi connectivity index (χ0) is 19.8. The molecule has 1 saturated heterocycles. The molecule has 1 aromatic heterocycles. The number of furan rings is 1. The van der Waals surface area contributed by atoms with E-state index in [-0.39, 0.29) is 11.3 Å². The molecule has 1 atom stereocenters. The van der Waals surface area contributed by atoms with Crippen molar-refractivity contribution in [2.75, 3.05) is 4.90 Å². The molecule has 4 rings (SSSR count). The van der Waals surface area contributed by atoms with E-state index in [0.29, 0.717) is 17.0 Å². The molecule has 0 spiro atoms. The minimum absolute atomic E-state index is 0.0179. The fourth-order valence-electron chi connectivity index (χ4n) is 3.44. The Morgan fingerprint density at radius 1 is 0.964 bits per heavy atom. The summed E-state index contributed by atoms with van der Waals surface area (Å²) in [5.41, 5.74) is 3.15. The van der Waals surface area contributed by atoms with Crippen LogP contribution in [0.4, 0.5) is 5.69 Å². The first-order valence-corrected chi connectivity index (χ1v) is 8.96. The predicted octanol–water partition coefficient (Wildman–Crippen LogP) is 4.52. The molecule has 1 fully saturated rings. The highest BCUT2D eigenvalue weighted by molar-refractivity contribution is 6.51. The molecule has 1 aliphatic heterocycles. The Morgan fingerprint density at radius 3 is 2.36 bits per heavy atom. The number of aliphatic hydroxyl groups excluding tert-OH is 1. The molecule has 1 N–H and O–H groups in total. The van der Waals surface area contributed by atoms with E-state index in [1.165, 1.54) is 11.2 Å². The highest BCUT2D eigenvalue weighted by atomic mass is 16.3. The molecule has 5 heteroatoms. The molecule has 28 heavy (non-hydrogen) atoms. The first-order valence-electron chi connectivity index (χ1n) is 8.96. The number of aryl methyl sites for hydroxylation is 2. The third kappa shape index (κ3) is 2.81. The SMILES string of the molecule is Cc1ccc(N2C(=O)C(=O)/C(=C(\O)c3ccccc3)C2c2ccco2)cc1C. The molecule has 0 saturated carbocycles. The van der Waals surface area contributed by atoms with Gasteiger partial charge in [0.1, 0.15) is 17.6 Å². The largest absolute Gasteiger partial charge is 0.507 e. The van der Waals surface area contributed by atoms with Crippen LogP contribution in [0.1, 0.15) is 28.5 Å². The number of anilines is 1. The van der Waals surface area contributed by atoms with Crippen LogP contribution in [0.5, 0.6) is 0 Å². The molecule has 0 bridgehead atoms. The zero-order valence-corrected chi connectivity index (χ0v) is 15.5. The summed E-state index contributed by atoms with van der Waals surface area (Å²) in [6.07, 6.45) is 1.48. The van der Waals surface area contributed by atoms with Crippen molar-refractivity contribution in [2.24, 2.45) is 0 Å². The van der Waals surface area contributed by atoms with E-state index in [1.54, 1.807) is 42.5 Å². The van der Waals surface area contributed by atoms with Gasteiger partial charge in [0.2, 0.25) is 0 Å². The maximum Gasteiger partial charge on any atom is 0.300 e. The number of nitrogens with zero attached hydrogens (tertiary/aromatic N) is 1. The summed E-state index contributed by atoms with van der Waals surface area (Å²) in [7, 11) is 0. The van der Waals surface area contributed by atoms with Crippen LogP contribution < -0.4 is 4.90 Å². The lowest BCUT2D eigenvalue weighted by Crippen LogP contribution is -2.29. The molecule has 1 unspecified atom stereocenters. The van der Waals surface area contributed by atoms with Crippen molar-refractivity contribution in [2.45, 2.75) is 19.9 Å². The van der Waals surface area contributed by atoms with E-state index in [4.69, 9.17) is 4.42 Å². The van der Waals surface area contributed by atoms with Gasteiger partial charge in [-0.05, 0) is 49.2 Å². The van der Waals surface area contributed by atoms with Crippen molar-refractivity contribution in [3.05, 3.63) is 95.0 Å². The van der Waals surface area contributed by atoms with Gasteiger partial charge in [0.15, 0.2) is 0 Å². The molecule has 140 valence electrons. The molecule has 0 aliphatic carbocycles. The minimum Gasteiger partial charge on any atom is -0.507 e. The lowest BCUT2D eigenvalue weighted by molar-refractivity contribution is -0.132. The van der Waals surface area contributed by atoms with Crippen molar-refractivity contribution in [3.8, 4) is 0 Å². The maximum absolute atomic E-state index is 12.9. The summed E-state index contributed by atoms with van der Waals surface area (Å²) in [5.74, 6) is -1.23. The van der Waals surface area contributed by atoms with Gasteiger partial charge in [0.05, 0.1) is 11.8 Å². The molecule has 1 aliphatic rings. The summed E-state index contributed by atoms with van der Waals surface area (Å²) in [6.45, 7) is 3.92. The van der Waals surface area contributed by atoms with Crippen molar-refractivity contribution < 1.29 is 19.1 Å². The van der Waals surface area contributed by atoms with E-state index in [1.807, 2.05) is 32.0 Å².